The molecule has 1 aliphatic rings. The van der Waals surface area contributed by atoms with Crippen LogP contribution in [-0.2, 0) is 6.54 Å². The van der Waals surface area contributed by atoms with Crippen LogP contribution < -0.4 is 14.8 Å². The predicted octanol–water partition coefficient (Wildman–Crippen LogP) is 5.00. The molecule has 0 unspecified atom stereocenters. The van der Waals surface area contributed by atoms with Crippen molar-refractivity contribution in [1.29, 1.82) is 0 Å². The molecule has 130 valence electrons. The fourth-order valence-corrected chi connectivity index (χ4v) is 3.27. The molecule has 5 nitrogen and oxygen atoms in total. The predicted molar refractivity (Wildman–Crippen MR) is 100 cm³/mol. The van der Waals surface area contributed by atoms with Gasteiger partial charge in [-0.2, -0.15) is 0 Å². The van der Waals surface area contributed by atoms with E-state index in [4.69, 9.17) is 21.1 Å². The first-order chi connectivity index (χ1) is 12.3. The largest absolute Gasteiger partial charge is 0.486 e. The second-order valence-corrected chi connectivity index (χ2v) is 6.43. The van der Waals surface area contributed by atoms with E-state index < -0.39 is 0 Å². The summed E-state index contributed by atoms with van der Waals surface area (Å²) in [5.74, 6) is 2.10. The van der Waals surface area contributed by atoms with E-state index in [0.717, 1.165) is 29.7 Å². The van der Waals surface area contributed by atoms with E-state index >= 15 is 0 Å². The molecule has 0 radical (unpaired) electrons. The van der Waals surface area contributed by atoms with Crippen LogP contribution in [0, 0.1) is 0 Å². The zero-order valence-electron chi connectivity index (χ0n) is 14.1. The normalized spacial score (nSPS) is 13.2. The minimum atomic E-state index is 0.507. The molecule has 2 aromatic heterocycles. The second-order valence-electron chi connectivity index (χ2n) is 6.03. The molecule has 0 saturated carbocycles. The smallest absolute Gasteiger partial charge is 0.186 e. The number of ether oxygens (including phenoxy) is 2. The summed E-state index contributed by atoms with van der Waals surface area (Å²) in [5, 5.41) is 4.99. The van der Waals surface area contributed by atoms with E-state index in [1.807, 2.05) is 24.4 Å². The van der Waals surface area contributed by atoms with Crippen molar-refractivity contribution in [2.45, 2.75) is 26.3 Å². The molecule has 1 aromatic carbocycles. The molecule has 0 bridgehead atoms. The number of nitrogens with zero attached hydrogens (tertiary/aromatic N) is 2. The molecular formula is C19H20ClN3O2. The monoisotopic (exact) mass is 357 g/mol. The lowest BCUT2D eigenvalue weighted by Crippen LogP contribution is -2.16. The number of aromatic nitrogens is 2. The van der Waals surface area contributed by atoms with Crippen molar-refractivity contribution < 1.29 is 9.47 Å². The van der Waals surface area contributed by atoms with Gasteiger partial charge in [-0.25, -0.2) is 4.98 Å². The van der Waals surface area contributed by atoms with Crippen molar-refractivity contribution in [2.75, 3.05) is 18.5 Å². The Morgan fingerprint density at radius 3 is 2.96 bits per heavy atom. The molecule has 0 atom stereocenters. The van der Waals surface area contributed by atoms with Gasteiger partial charge in [0.15, 0.2) is 11.5 Å². The number of rotatable bonds is 5. The van der Waals surface area contributed by atoms with Gasteiger partial charge in [-0.05, 0) is 30.7 Å². The number of anilines is 2. The number of nitrogens with one attached hydrogen (secondary N) is 1. The highest BCUT2D eigenvalue weighted by Gasteiger charge is 2.20. The van der Waals surface area contributed by atoms with Crippen LogP contribution in [0.3, 0.4) is 0 Å². The first-order valence-corrected chi connectivity index (χ1v) is 8.94. The van der Waals surface area contributed by atoms with E-state index in [2.05, 4.69) is 34.1 Å². The first kappa shape index (κ1) is 16.1. The van der Waals surface area contributed by atoms with Crippen LogP contribution in [0.25, 0.3) is 10.9 Å². The Morgan fingerprint density at radius 1 is 1.20 bits per heavy atom. The summed E-state index contributed by atoms with van der Waals surface area (Å²) in [6.45, 7) is 4.25. The van der Waals surface area contributed by atoms with Gasteiger partial charge in [-0.15, -0.1) is 0 Å². The summed E-state index contributed by atoms with van der Waals surface area (Å²) in [7, 11) is 0. The average molecular weight is 358 g/mol. The summed E-state index contributed by atoms with van der Waals surface area (Å²) >= 11 is 6.40. The highest BCUT2D eigenvalue weighted by atomic mass is 35.5. The molecule has 3 aromatic rings. The summed E-state index contributed by atoms with van der Waals surface area (Å²) < 4.78 is 13.7. The Labute approximate surface area is 151 Å². The van der Waals surface area contributed by atoms with Gasteiger partial charge in [0.25, 0.3) is 0 Å². The molecule has 4 rings (SSSR count). The number of pyridine rings is 1. The zero-order chi connectivity index (χ0) is 17.2. The third kappa shape index (κ3) is 3.00. The van der Waals surface area contributed by atoms with Gasteiger partial charge in [-0.1, -0.05) is 24.9 Å². The molecular weight excluding hydrogens is 338 g/mol. The van der Waals surface area contributed by atoms with Gasteiger partial charge >= 0.3 is 0 Å². The van der Waals surface area contributed by atoms with Crippen LogP contribution in [0.1, 0.15) is 19.8 Å². The minimum Gasteiger partial charge on any atom is -0.486 e. The molecule has 0 saturated heterocycles. The maximum atomic E-state index is 6.40. The van der Waals surface area contributed by atoms with Gasteiger partial charge in [0, 0.05) is 24.3 Å². The van der Waals surface area contributed by atoms with Crippen molar-refractivity contribution >= 4 is 34.0 Å². The van der Waals surface area contributed by atoms with Gasteiger partial charge < -0.3 is 19.4 Å². The van der Waals surface area contributed by atoms with E-state index in [1.165, 1.54) is 6.42 Å². The van der Waals surface area contributed by atoms with Crippen LogP contribution in [0.5, 0.6) is 11.5 Å². The number of halogens is 1. The molecule has 1 N–H and O–H groups in total. The zero-order valence-corrected chi connectivity index (χ0v) is 14.8. The lowest BCUT2D eigenvalue weighted by Gasteiger charge is -2.22. The first-order valence-electron chi connectivity index (χ1n) is 8.57. The SMILES string of the molecule is CCCCn1ccc2c(Nc3c(Cl)ccc4c3OCCO4)nccc21. The molecule has 1 aliphatic heterocycles. The van der Waals surface area contributed by atoms with Gasteiger partial charge in [0.1, 0.15) is 24.7 Å². The van der Waals surface area contributed by atoms with Crippen molar-refractivity contribution in [3.8, 4) is 11.5 Å². The van der Waals surface area contributed by atoms with Crippen LogP contribution in [0.15, 0.2) is 36.7 Å². The highest BCUT2D eigenvalue weighted by Crippen LogP contribution is 2.43. The van der Waals surface area contributed by atoms with Crippen molar-refractivity contribution in [1.82, 2.24) is 9.55 Å². The van der Waals surface area contributed by atoms with E-state index in [9.17, 15) is 0 Å². The Morgan fingerprint density at radius 2 is 2.08 bits per heavy atom. The maximum absolute atomic E-state index is 6.40. The van der Waals surface area contributed by atoms with E-state index in [1.54, 1.807) is 0 Å². The molecule has 0 fully saturated rings. The molecule has 3 heterocycles. The lowest BCUT2D eigenvalue weighted by atomic mass is 10.2. The molecule has 0 amide bonds. The molecule has 0 aliphatic carbocycles. The number of hydrogen-bond donors (Lipinski definition) is 1. The fraction of sp³-hybridized carbons (Fsp3) is 0.316. The molecule has 6 heteroatoms. The summed E-state index contributed by atoms with van der Waals surface area (Å²) in [6.07, 6.45) is 6.24. The van der Waals surface area contributed by atoms with Crippen molar-refractivity contribution in [2.24, 2.45) is 0 Å². The van der Waals surface area contributed by atoms with Crippen LogP contribution in [-0.4, -0.2) is 22.8 Å². The van der Waals surface area contributed by atoms with Gasteiger partial charge in [-0.3, -0.25) is 0 Å². The summed E-state index contributed by atoms with van der Waals surface area (Å²) in [4.78, 5) is 4.51. The lowest BCUT2D eigenvalue weighted by molar-refractivity contribution is 0.172. The fourth-order valence-electron chi connectivity index (χ4n) is 3.07. The Balaban J connectivity index is 1.73. The second kappa shape index (κ2) is 6.84. The van der Waals surface area contributed by atoms with E-state index in [-0.39, 0.29) is 0 Å². The highest BCUT2D eigenvalue weighted by molar-refractivity contribution is 6.34. The van der Waals surface area contributed by atoms with Crippen LogP contribution in [0.2, 0.25) is 5.02 Å². The number of aryl methyl sites for hydroxylation is 1. The van der Waals surface area contributed by atoms with Gasteiger partial charge in [0.05, 0.1) is 10.5 Å². The van der Waals surface area contributed by atoms with Crippen LogP contribution in [0.4, 0.5) is 11.5 Å². The average Bonchev–Trinajstić information content (AvgIpc) is 3.06. The van der Waals surface area contributed by atoms with Crippen LogP contribution >= 0.6 is 11.6 Å². The van der Waals surface area contributed by atoms with Gasteiger partial charge in [0.2, 0.25) is 0 Å². The number of hydrogen-bond acceptors (Lipinski definition) is 4. The van der Waals surface area contributed by atoms with E-state index in [0.29, 0.717) is 35.4 Å². The third-order valence-electron chi connectivity index (χ3n) is 4.35. The third-order valence-corrected chi connectivity index (χ3v) is 4.67. The Hall–Kier alpha value is -2.40. The number of benzene rings is 1. The summed E-state index contributed by atoms with van der Waals surface area (Å²) in [5.41, 5.74) is 1.85. The number of unbranched alkanes of at least 4 members (excludes halogenated alkanes) is 1. The quantitative estimate of drug-likeness (QED) is 0.697. The van der Waals surface area contributed by atoms with Crippen molar-refractivity contribution in [3.63, 3.8) is 0 Å². The maximum Gasteiger partial charge on any atom is 0.186 e. The minimum absolute atomic E-state index is 0.507. The molecule has 25 heavy (non-hydrogen) atoms. The Bertz CT molecular complexity index is 907. The standard InChI is InChI=1S/C19H20ClN3O2/c1-2-3-9-23-10-7-13-15(23)6-8-21-19(13)22-17-14(20)4-5-16-18(17)25-12-11-24-16/h4-8,10H,2-3,9,11-12H2,1H3,(H,21,22). The topological polar surface area (TPSA) is 48.3 Å². The molecule has 0 spiro atoms. The van der Waals surface area contributed by atoms with Crippen molar-refractivity contribution in [3.05, 3.63) is 41.7 Å². The Kier molecular flexibility index (Phi) is 4.40. The summed E-state index contributed by atoms with van der Waals surface area (Å²) in [6, 6.07) is 7.76. The number of fused-ring (bicyclic) bond motifs is 2.